The van der Waals surface area contributed by atoms with Gasteiger partial charge in [0.25, 0.3) is 5.88 Å². The van der Waals surface area contributed by atoms with E-state index in [0.717, 1.165) is 17.1 Å². The van der Waals surface area contributed by atoms with E-state index in [9.17, 15) is 10.2 Å². The first kappa shape index (κ1) is 22.1. The Morgan fingerprint density at radius 2 is 1.81 bits per heavy atom. The molecule has 9 heteroatoms. The van der Waals surface area contributed by atoms with E-state index in [1.165, 1.54) is 7.11 Å². The number of pyridine rings is 1. The van der Waals surface area contributed by atoms with Crippen molar-refractivity contribution in [3.8, 4) is 11.6 Å². The number of aliphatic hydroxyl groups is 1. The molecule has 32 heavy (non-hydrogen) atoms. The van der Waals surface area contributed by atoms with Gasteiger partial charge in [0.15, 0.2) is 11.4 Å². The van der Waals surface area contributed by atoms with Crippen LogP contribution in [0.1, 0.15) is 39.6 Å². The zero-order valence-electron chi connectivity index (χ0n) is 19.1. The highest BCUT2D eigenvalue weighted by Gasteiger charge is 2.42. The molecule has 4 rings (SSSR count). The number of nitrogens with zero attached hydrogens (tertiary/aromatic N) is 5. The summed E-state index contributed by atoms with van der Waals surface area (Å²) >= 11 is 6.51. The topological polar surface area (TPSA) is 98.2 Å². The molecule has 3 heterocycles. The van der Waals surface area contributed by atoms with Crippen LogP contribution in [0.5, 0.6) is 11.6 Å². The van der Waals surface area contributed by atoms with Crippen molar-refractivity contribution in [2.45, 2.75) is 33.3 Å². The number of rotatable bonds is 4. The van der Waals surface area contributed by atoms with Gasteiger partial charge < -0.3 is 19.5 Å². The Kier molecular flexibility index (Phi) is 5.18. The molecular weight excluding hydrogens is 430 g/mol. The van der Waals surface area contributed by atoms with E-state index in [4.69, 9.17) is 16.3 Å². The minimum atomic E-state index is -1.57. The van der Waals surface area contributed by atoms with Crippen LogP contribution in [0.3, 0.4) is 0 Å². The fourth-order valence-corrected chi connectivity index (χ4v) is 4.60. The summed E-state index contributed by atoms with van der Waals surface area (Å²) in [6, 6.07) is 3.63. The summed E-state index contributed by atoms with van der Waals surface area (Å²) in [4.78, 5) is 8.83. The van der Waals surface area contributed by atoms with Gasteiger partial charge in [0.1, 0.15) is 5.82 Å². The lowest BCUT2D eigenvalue weighted by Gasteiger charge is -2.31. The Hall–Kier alpha value is -3.10. The Labute approximate surface area is 191 Å². The maximum absolute atomic E-state index is 12.5. The molecular formula is C23H26ClN5O3. The van der Waals surface area contributed by atoms with Gasteiger partial charge in [-0.1, -0.05) is 17.7 Å². The number of fused-ring (bicyclic) bond motifs is 1. The number of benzene rings is 1. The van der Waals surface area contributed by atoms with Gasteiger partial charge in [-0.2, -0.15) is 5.10 Å². The Balaban J connectivity index is 2.14. The van der Waals surface area contributed by atoms with Crippen molar-refractivity contribution >= 4 is 22.5 Å². The van der Waals surface area contributed by atoms with E-state index in [1.807, 2.05) is 52.4 Å². The van der Waals surface area contributed by atoms with Crippen LogP contribution in [-0.4, -0.2) is 41.6 Å². The van der Waals surface area contributed by atoms with Crippen molar-refractivity contribution in [1.82, 2.24) is 24.3 Å². The summed E-state index contributed by atoms with van der Waals surface area (Å²) in [5.41, 5.74) is 3.13. The molecule has 0 radical (unpaired) electrons. The minimum Gasteiger partial charge on any atom is -0.502 e. The molecule has 0 amide bonds. The largest absolute Gasteiger partial charge is 0.502 e. The van der Waals surface area contributed by atoms with Crippen LogP contribution in [0, 0.1) is 27.7 Å². The van der Waals surface area contributed by atoms with Crippen LogP contribution in [0.25, 0.3) is 10.9 Å². The first-order valence-electron chi connectivity index (χ1n) is 10.1. The first-order valence-corrected chi connectivity index (χ1v) is 10.5. The normalized spacial score (nSPS) is 13.5. The molecule has 2 N–H and O–H groups in total. The maximum atomic E-state index is 12.5. The number of hydrogen-bond donors (Lipinski definition) is 2. The second kappa shape index (κ2) is 7.50. The van der Waals surface area contributed by atoms with Crippen LogP contribution in [0.15, 0.2) is 18.3 Å². The average Bonchev–Trinajstić information content (AvgIpc) is 3.22. The average molecular weight is 456 g/mol. The lowest BCUT2D eigenvalue weighted by Crippen LogP contribution is -2.33. The van der Waals surface area contributed by atoms with Crippen molar-refractivity contribution in [2.75, 3.05) is 7.11 Å². The lowest BCUT2D eigenvalue weighted by atomic mass is 9.81. The monoisotopic (exact) mass is 455 g/mol. The molecule has 0 spiro atoms. The number of hydrogen-bond acceptors (Lipinski definition) is 6. The van der Waals surface area contributed by atoms with Gasteiger partial charge in [-0.25, -0.2) is 9.97 Å². The van der Waals surface area contributed by atoms with Crippen molar-refractivity contribution in [2.24, 2.45) is 14.1 Å². The third kappa shape index (κ3) is 2.97. The van der Waals surface area contributed by atoms with Gasteiger partial charge in [-0.3, -0.25) is 4.68 Å². The SMILES string of the molecule is COc1nc2c(C)cc(C(O)(c3c(C)nn(C)c3C)c3cnc(C)n3C)cc2c(Cl)c1O. The molecule has 0 aliphatic heterocycles. The number of aromatic nitrogens is 5. The molecule has 0 saturated carbocycles. The molecule has 1 atom stereocenters. The molecule has 0 aliphatic carbocycles. The molecule has 0 saturated heterocycles. The molecule has 0 aliphatic rings. The molecule has 0 fully saturated rings. The molecule has 1 unspecified atom stereocenters. The molecule has 0 bridgehead atoms. The second-order valence-corrected chi connectivity index (χ2v) is 8.48. The third-order valence-corrected chi connectivity index (χ3v) is 6.62. The van der Waals surface area contributed by atoms with Gasteiger partial charge in [-0.15, -0.1) is 0 Å². The summed E-state index contributed by atoms with van der Waals surface area (Å²) in [6.45, 7) is 7.55. The van der Waals surface area contributed by atoms with Crippen molar-refractivity contribution < 1.29 is 14.9 Å². The zero-order valence-corrected chi connectivity index (χ0v) is 19.9. The van der Waals surface area contributed by atoms with Gasteiger partial charge >= 0.3 is 0 Å². The van der Waals surface area contributed by atoms with Gasteiger partial charge in [0.2, 0.25) is 0 Å². The first-order chi connectivity index (χ1) is 15.0. The summed E-state index contributed by atoms with van der Waals surface area (Å²) in [6.07, 6.45) is 1.67. The summed E-state index contributed by atoms with van der Waals surface area (Å²) in [5.74, 6) is 0.568. The van der Waals surface area contributed by atoms with Gasteiger partial charge in [0.05, 0.1) is 35.2 Å². The number of imidazole rings is 1. The van der Waals surface area contributed by atoms with Gasteiger partial charge in [0, 0.05) is 30.7 Å². The number of methoxy groups -OCH3 is 1. The van der Waals surface area contributed by atoms with E-state index in [2.05, 4.69) is 15.1 Å². The van der Waals surface area contributed by atoms with E-state index >= 15 is 0 Å². The van der Waals surface area contributed by atoms with Crippen LogP contribution >= 0.6 is 11.6 Å². The molecule has 168 valence electrons. The predicted octanol–water partition coefficient (Wildman–Crippen LogP) is 3.59. The number of aryl methyl sites for hydroxylation is 4. The number of halogens is 1. The van der Waals surface area contributed by atoms with E-state index in [1.54, 1.807) is 16.9 Å². The van der Waals surface area contributed by atoms with Crippen molar-refractivity contribution in [1.29, 1.82) is 0 Å². The molecule has 8 nitrogen and oxygen atoms in total. The van der Waals surface area contributed by atoms with Crippen LogP contribution < -0.4 is 4.74 Å². The van der Waals surface area contributed by atoms with Crippen molar-refractivity contribution in [3.63, 3.8) is 0 Å². The summed E-state index contributed by atoms with van der Waals surface area (Å²) < 4.78 is 8.77. The lowest BCUT2D eigenvalue weighted by molar-refractivity contribution is 0.116. The molecule has 4 aromatic rings. The fraction of sp³-hybridized carbons (Fsp3) is 0.348. The Morgan fingerprint density at radius 3 is 2.34 bits per heavy atom. The predicted molar refractivity (Wildman–Crippen MR) is 122 cm³/mol. The molecule has 1 aromatic carbocycles. The van der Waals surface area contributed by atoms with E-state index < -0.39 is 5.60 Å². The van der Waals surface area contributed by atoms with E-state index in [0.29, 0.717) is 33.4 Å². The maximum Gasteiger partial charge on any atom is 0.258 e. The highest BCUT2D eigenvalue weighted by Crippen LogP contribution is 2.44. The zero-order chi connectivity index (χ0) is 23.5. The van der Waals surface area contributed by atoms with Crippen LogP contribution in [-0.2, 0) is 19.7 Å². The van der Waals surface area contributed by atoms with Crippen LogP contribution in [0.4, 0.5) is 0 Å². The molecule has 3 aromatic heterocycles. The smallest absolute Gasteiger partial charge is 0.258 e. The number of aromatic hydroxyl groups is 1. The van der Waals surface area contributed by atoms with E-state index in [-0.39, 0.29) is 16.7 Å². The van der Waals surface area contributed by atoms with Crippen LogP contribution in [0.2, 0.25) is 5.02 Å². The number of ether oxygens (including phenoxy) is 1. The van der Waals surface area contributed by atoms with Gasteiger partial charge in [-0.05, 0) is 44.9 Å². The van der Waals surface area contributed by atoms with Crippen molar-refractivity contribution in [3.05, 3.63) is 62.9 Å². The highest BCUT2D eigenvalue weighted by atomic mass is 35.5. The fourth-order valence-electron chi connectivity index (χ4n) is 4.38. The highest BCUT2D eigenvalue weighted by molar-refractivity contribution is 6.37. The minimum absolute atomic E-state index is 0.0508. The summed E-state index contributed by atoms with van der Waals surface area (Å²) in [7, 11) is 5.13. The quantitative estimate of drug-likeness (QED) is 0.488. The Bertz CT molecular complexity index is 1370. The Morgan fingerprint density at radius 1 is 1.12 bits per heavy atom. The second-order valence-electron chi connectivity index (χ2n) is 8.10. The third-order valence-electron chi connectivity index (χ3n) is 6.23. The standard InChI is InChI=1S/C23H26ClN5O3/c1-11-8-15(9-16-19(24)21(30)22(32-7)26-20(11)16)23(31,17-10-25-14(4)28(17)5)18-12(2)27-29(6)13(18)3/h8-10,30-31H,1-7H3. The summed E-state index contributed by atoms with van der Waals surface area (Å²) in [5, 5.41) is 28.1.